The summed E-state index contributed by atoms with van der Waals surface area (Å²) in [6.45, 7) is 4.35. The molecule has 1 aliphatic heterocycles. The SMILES string of the molecule is CC(CNC(=O)N1C(C)SCC1C(=O)O)N(C)C. The van der Waals surface area contributed by atoms with Gasteiger partial charge in [-0.15, -0.1) is 11.8 Å². The fourth-order valence-corrected chi connectivity index (χ4v) is 2.82. The number of nitrogens with one attached hydrogen (secondary N) is 1. The van der Waals surface area contributed by atoms with E-state index in [-0.39, 0.29) is 17.4 Å². The minimum atomic E-state index is -0.942. The van der Waals surface area contributed by atoms with Crippen molar-refractivity contribution in [3.8, 4) is 0 Å². The summed E-state index contributed by atoms with van der Waals surface area (Å²) in [6.07, 6.45) is 0. The molecule has 0 aromatic rings. The highest BCUT2D eigenvalue weighted by Gasteiger charge is 2.39. The average molecular weight is 275 g/mol. The maximum absolute atomic E-state index is 12.0. The van der Waals surface area contributed by atoms with E-state index in [1.54, 1.807) is 0 Å². The Bertz CT molecular complexity index is 325. The number of rotatable bonds is 4. The maximum atomic E-state index is 12.0. The fourth-order valence-electron chi connectivity index (χ4n) is 1.65. The number of thioether (sulfide) groups is 1. The number of urea groups is 1. The van der Waals surface area contributed by atoms with Crippen molar-refractivity contribution in [3.05, 3.63) is 0 Å². The highest BCUT2D eigenvalue weighted by atomic mass is 32.2. The first kappa shape index (κ1) is 15.1. The summed E-state index contributed by atoms with van der Waals surface area (Å²) in [5, 5.41) is 11.8. The Labute approximate surface area is 112 Å². The number of hydrogen-bond acceptors (Lipinski definition) is 4. The Morgan fingerprint density at radius 1 is 1.56 bits per heavy atom. The van der Waals surface area contributed by atoms with Gasteiger partial charge in [0.05, 0.1) is 5.37 Å². The van der Waals surface area contributed by atoms with Crippen molar-refractivity contribution >= 4 is 23.8 Å². The van der Waals surface area contributed by atoms with E-state index in [4.69, 9.17) is 5.11 Å². The fraction of sp³-hybridized carbons (Fsp3) is 0.818. The number of likely N-dealkylation sites (N-methyl/N-ethyl adjacent to an activating group) is 1. The molecule has 104 valence electrons. The summed E-state index contributed by atoms with van der Waals surface area (Å²) < 4.78 is 0. The number of carboxylic acid groups (broad SMARTS) is 1. The number of carbonyl (C=O) groups excluding carboxylic acids is 1. The monoisotopic (exact) mass is 275 g/mol. The maximum Gasteiger partial charge on any atom is 0.327 e. The molecule has 7 heteroatoms. The molecule has 0 saturated carbocycles. The lowest BCUT2D eigenvalue weighted by molar-refractivity contribution is -0.141. The van der Waals surface area contributed by atoms with E-state index in [0.717, 1.165) is 0 Å². The minimum Gasteiger partial charge on any atom is -0.480 e. The Hall–Kier alpha value is -0.950. The largest absolute Gasteiger partial charge is 0.480 e. The molecule has 1 fully saturated rings. The van der Waals surface area contributed by atoms with Crippen LogP contribution in [0.15, 0.2) is 0 Å². The van der Waals surface area contributed by atoms with Gasteiger partial charge in [-0.3, -0.25) is 4.90 Å². The molecule has 1 aliphatic rings. The van der Waals surface area contributed by atoms with Gasteiger partial charge in [-0.25, -0.2) is 9.59 Å². The van der Waals surface area contributed by atoms with Crippen molar-refractivity contribution < 1.29 is 14.7 Å². The van der Waals surface area contributed by atoms with E-state index in [0.29, 0.717) is 12.3 Å². The molecule has 0 spiro atoms. The molecule has 3 unspecified atom stereocenters. The minimum absolute atomic E-state index is 0.0965. The van der Waals surface area contributed by atoms with Crippen LogP contribution in [0.25, 0.3) is 0 Å². The van der Waals surface area contributed by atoms with E-state index < -0.39 is 12.0 Å². The molecule has 0 radical (unpaired) electrons. The number of carbonyl (C=O) groups is 2. The van der Waals surface area contributed by atoms with Crippen LogP contribution < -0.4 is 5.32 Å². The van der Waals surface area contributed by atoms with E-state index in [1.807, 2.05) is 32.8 Å². The summed E-state index contributed by atoms with van der Waals surface area (Å²) in [5.41, 5.74) is 0. The Morgan fingerprint density at radius 3 is 2.67 bits per heavy atom. The van der Waals surface area contributed by atoms with Gasteiger partial charge >= 0.3 is 12.0 Å². The average Bonchev–Trinajstić information content (AvgIpc) is 2.67. The zero-order chi connectivity index (χ0) is 13.9. The quantitative estimate of drug-likeness (QED) is 0.781. The number of nitrogens with zero attached hydrogens (tertiary/aromatic N) is 2. The predicted molar refractivity (Wildman–Crippen MR) is 71.7 cm³/mol. The molecule has 2 amide bonds. The third kappa shape index (κ3) is 3.52. The van der Waals surface area contributed by atoms with Gasteiger partial charge in [0.25, 0.3) is 0 Å². The summed E-state index contributed by atoms with van der Waals surface area (Å²) in [6, 6.07) is -0.809. The lowest BCUT2D eigenvalue weighted by Crippen LogP contribution is -2.51. The van der Waals surface area contributed by atoms with Crippen LogP contribution >= 0.6 is 11.8 Å². The molecule has 0 aromatic carbocycles. The second-order valence-electron chi connectivity index (χ2n) is 4.69. The van der Waals surface area contributed by atoms with Gasteiger partial charge < -0.3 is 15.3 Å². The van der Waals surface area contributed by atoms with Gasteiger partial charge in [0, 0.05) is 18.3 Å². The van der Waals surface area contributed by atoms with Crippen LogP contribution in [0.1, 0.15) is 13.8 Å². The molecule has 2 N–H and O–H groups in total. The molecule has 0 aromatic heterocycles. The normalized spacial score (nSPS) is 25.3. The highest BCUT2D eigenvalue weighted by Crippen LogP contribution is 2.28. The summed E-state index contributed by atoms with van der Waals surface area (Å²) >= 11 is 1.48. The lowest BCUT2D eigenvalue weighted by atomic mass is 10.3. The first-order chi connectivity index (χ1) is 8.34. The van der Waals surface area contributed by atoms with Crippen molar-refractivity contribution in [2.45, 2.75) is 31.3 Å². The molecule has 18 heavy (non-hydrogen) atoms. The van der Waals surface area contributed by atoms with Crippen LogP contribution in [0.2, 0.25) is 0 Å². The predicted octanol–water partition coefficient (Wildman–Crippen LogP) is 0.494. The van der Waals surface area contributed by atoms with Gasteiger partial charge in [-0.2, -0.15) is 0 Å². The van der Waals surface area contributed by atoms with E-state index in [2.05, 4.69) is 5.32 Å². The highest BCUT2D eigenvalue weighted by molar-refractivity contribution is 8.00. The zero-order valence-corrected chi connectivity index (χ0v) is 12.0. The standard InChI is InChI=1S/C11H21N3O3S/c1-7(13(3)4)5-12-11(17)14-8(2)18-6-9(14)10(15)16/h7-9H,5-6H2,1-4H3,(H,12,17)(H,15,16). The summed E-state index contributed by atoms with van der Waals surface area (Å²) in [7, 11) is 3.87. The molecule has 1 rings (SSSR count). The topological polar surface area (TPSA) is 72.9 Å². The lowest BCUT2D eigenvalue weighted by Gasteiger charge is -2.27. The third-order valence-electron chi connectivity index (χ3n) is 3.17. The van der Waals surface area contributed by atoms with Gasteiger partial charge in [-0.05, 0) is 27.9 Å². The van der Waals surface area contributed by atoms with Crippen LogP contribution in [0, 0.1) is 0 Å². The molecule has 0 aliphatic carbocycles. The van der Waals surface area contributed by atoms with Crippen molar-refractivity contribution in [2.75, 3.05) is 26.4 Å². The Balaban J connectivity index is 2.56. The third-order valence-corrected chi connectivity index (χ3v) is 4.39. The van der Waals surface area contributed by atoms with E-state index >= 15 is 0 Å². The number of hydrogen-bond donors (Lipinski definition) is 2. The molecule has 3 atom stereocenters. The first-order valence-electron chi connectivity index (χ1n) is 5.91. The van der Waals surface area contributed by atoms with Gasteiger partial charge in [0.1, 0.15) is 6.04 Å². The Morgan fingerprint density at radius 2 is 2.17 bits per heavy atom. The van der Waals surface area contributed by atoms with Crippen LogP contribution in [0.3, 0.4) is 0 Å². The second kappa shape index (κ2) is 6.29. The Kier molecular flexibility index (Phi) is 5.28. The van der Waals surface area contributed by atoms with Gasteiger partial charge in [-0.1, -0.05) is 0 Å². The van der Waals surface area contributed by atoms with Crippen LogP contribution in [0.4, 0.5) is 4.79 Å². The van der Waals surface area contributed by atoms with Crippen molar-refractivity contribution in [1.82, 2.24) is 15.1 Å². The van der Waals surface area contributed by atoms with Crippen molar-refractivity contribution in [3.63, 3.8) is 0 Å². The smallest absolute Gasteiger partial charge is 0.327 e. The van der Waals surface area contributed by atoms with Crippen molar-refractivity contribution in [1.29, 1.82) is 0 Å². The van der Waals surface area contributed by atoms with E-state index in [9.17, 15) is 9.59 Å². The van der Waals surface area contributed by atoms with Crippen LogP contribution in [0.5, 0.6) is 0 Å². The van der Waals surface area contributed by atoms with Crippen LogP contribution in [-0.4, -0.2) is 70.8 Å². The first-order valence-corrected chi connectivity index (χ1v) is 6.96. The van der Waals surface area contributed by atoms with Crippen molar-refractivity contribution in [2.24, 2.45) is 0 Å². The van der Waals surface area contributed by atoms with Gasteiger partial charge in [0.2, 0.25) is 0 Å². The number of amides is 2. The molecular weight excluding hydrogens is 254 g/mol. The molecule has 6 nitrogen and oxygen atoms in total. The molecular formula is C11H21N3O3S. The molecule has 1 heterocycles. The number of aliphatic carboxylic acids is 1. The zero-order valence-electron chi connectivity index (χ0n) is 11.2. The molecule has 1 saturated heterocycles. The molecule has 0 bridgehead atoms. The van der Waals surface area contributed by atoms with Gasteiger partial charge in [0.15, 0.2) is 0 Å². The summed E-state index contributed by atoms with van der Waals surface area (Å²) in [4.78, 5) is 26.5. The number of carboxylic acids is 1. The second-order valence-corrected chi connectivity index (χ2v) is 6.04. The van der Waals surface area contributed by atoms with Crippen LogP contribution in [-0.2, 0) is 4.79 Å². The summed E-state index contributed by atoms with van der Waals surface area (Å²) in [5.74, 6) is -0.490. The van der Waals surface area contributed by atoms with E-state index in [1.165, 1.54) is 16.7 Å².